The van der Waals surface area contributed by atoms with E-state index in [1.807, 2.05) is 21.0 Å². The summed E-state index contributed by atoms with van der Waals surface area (Å²) < 4.78 is 0. The summed E-state index contributed by atoms with van der Waals surface area (Å²) in [7, 11) is 4.07. The van der Waals surface area contributed by atoms with Gasteiger partial charge in [-0.15, -0.1) is 0 Å². The Balaban J connectivity index is 2.58. The highest BCUT2D eigenvalue weighted by Crippen LogP contribution is 2.14. The summed E-state index contributed by atoms with van der Waals surface area (Å²) in [6.45, 7) is 5.08. The van der Waals surface area contributed by atoms with Crippen LogP contribution in [0.3, 0.4) is 0 Å². The molecular formula is C14H24N2O. The maximum atomic E-state index is 9.31. The van der Waals surface area contributed by atoms with E-state index in [1.165, 1.54) is 11.3 Å². The fraction of sp³-hybridized carbons (Fsp3) is 0.571. The minimum atomic E-state index is -0.180. The molecule has 0 spiro atoms. The fourth-order valence-corrected chi connectivity index (χ4v) is 1.52. The molecule has 0 bridgehead atoms. The van der Waals surface area contributed by atoms with Crippen LogP contribution >= 0.6 is 0 Å². The molecule has 3 nitrogen and oxygen atoms in total. The minimum Gasteiger partial charge on any atom is -0.394 e. The number of anilines is 1. The van der Waals surface area contributed by atoms with Gasteiger partial charge < -0.3 is 15.3 Å². The Labute approximate surface area is 104 Å². The van der Waals surface area contributed by atoms with Gasteiger partial charge in [-0.3, -0.25) is 0 Å². The van der Waals surface area contributed by atoms with Crippen LogP contribution in [0.2, 0.25) is 0 Å². The Morgan fingerprint density at radius 2 is 1.82 bits per heavy atom. The van der Waals surface area contributed by atoms with Gasteiger partial charge in [-0.05, 0) is 31.0 Å². The molecule has 0 aromatic heterocycles. The van der Waals surface area contributed by atoms with Crippen LogP contribution in [0.4, 0.5) is 5.69 Å². The molecule has 2 N–H and O–H groups in total. The lowest BCUT2D eigenvalue weighted by atomic mass is 10.00. The van der Waals surface area contributed by atoms with Crippen molar-refractivity contribution in [2.45, 2.75) is 32.4 Å². The number of hydrogen-bond donors (Lipinski definition) is 2. The fourth-order valence-electron chi connectivity index (χ4n) is 1.52. The van der Waals surface area contributed by atoms with Crippen molar-refractivity contribution in [2.75, 3.05) is 25.6 Å². The van der Waals surface area contributed by atoms with Crippen molar-refractivity contribution >= 4 is 5.69 Å². The molecule has 1 aromatic rings. The van der Waals surface area contributed by atoms with Crippen LogP contribution in [0.1, 0.15) is 25.8 Å². The van der Waals surface area contributed by atoms with Crippen LogP contribution in [0.25, 0.3) is 0 Å². The van der Waals surface area contributed by atoms with Crippen LogP contribution in [-0.2, 0) is 6.54 Å². The lowest BCUT2D eigenvalue weighted by Crippen LogP contribution is -2.44. The van der Waals surface area contributed by atoms with E-state index in [0.29, 0.717) is 0 Å². The van der Waals surface area contributed by atoms with Crippen LogP contribution in [0.5, 0.6) is 0 Å². The number of nitrogens with zero attached hydrogens (tertiary/aromatic N) is 1. The molecule has 0 aliphatic heterocycles. The molecule has 0 fully saturated rings. The molecule has 1 aromatic carbocycles. The first-order valence-corrected chi connectivity index (χ1v) is 6.13. The average Bonchev–Trinajstić information content (AvgIpc) is 2.36. The highest BCUT2D eigenvalue weighted by Gasteiger charge is 2.19. The first kappa shape index (κ1) is 14.0. The second-order valence-electron chi connectivity index (χ2n) is 4.99. The zero-order valence-electron chi connectivity index (χ0n) is 11.3. The number of hydrogen-bond acceptors (Lipinski definition) is 3. The number of benzene rings is 1. The second-order valence-corrected chi connectivity index (χ2v) is 4.99. The lowest BCUT2D eigenvalue weighted by Gasteiger charge is -2.27. The van der Waals surface area contributed by atoms with Crippen LogP contribution < -0.4 is 10.2 Å². The van der Waals surface area contributed by atoms with Crippen LogP contribution in [0, 0.1) is 0 Å². The van der Waals surface area contributed by atoms with E-state index in [9.17, 15) is 5.11 Å². The Morgan fingerprint density at radius 1 is 1.24 bits per heavy atom. The maximum absolute atomic E-state index is 9.31. The van der Waals surface area contributed by atoms with Gasteiger partial charge in [0.15, 0.2) is 0 Å². The molecule has 0 saturated heterocycles. The quantitative estimate of drug-likeness (QED) is 0.793. The van der Waals surface area contributed by atoms with Gasteiger partial charge in [0.25, 0.3) is 0 Å². The van der Waals surface area contributed by atoms with Crippen molar-refractivity contribution < 1.29 is 5.11 Å². The van der Waals surface area contributed by atoms with Crippen molar-refractivity contribution in [1.82, 2.24) is 5.32 Å². The number of nitrogens with one attached hydrogen (secondary N) is 1. The van der Waals surface area contributed by atoms with E-state index in [-0.39, 0.29) is 12.1 Å². The molecule has 0 saturated carbocycles. The van der Waals surface area contributed by atoms with Gasteiger partial charge in [0.1, 0.15) is 0 Å². The predicted molar refractivity (Wildman–Crippen MR) is 73.4 cm³/mol. The summed E-state index contributed by atoms with van der Waals surface area (Å²) in [5.74, 6) is 0. The van der Waals surface area contributed by atoms with Gasteiger partial charge in [0.05, 0.1) is 6.61 Å². The summed E-state index contributed by atoms with van der Waals surface area (Å²) in [4.78, 5) is 2.08. The number of aliphatic hydroxyl groups excluding tert-OH is 1. The molecular weight excluding hydrogens is 212 g/mol. The van der Waals surface area contributed by atoms with E-state index in [2.05, 4.69) is 41.4 Å². The standard InChI is InChI=1S/C14H24N2O/c1-5-14(2,11-17)15-10-12-6-8-13(9-7-12)16(3)4/h6-9,15,17H,5,10-11H2,1-4H3. The molecule has 0 aliphatic carbocycles. The summed E-state index contributed by atoms with van der Waals surface area (Å²) in [5, 5.41) is 12.7. The molecule has 1 atom stereocenters. The molecule has 17 heavy (non-hydrogen) atoms. The highest BCUT2D eigenvalue weighted by atomic mass is 16.3. The maximum Gasteiger partial charge on any atom is 0.0610 e. The van der Waals surface area contributed by atoms with E-state index >= 15 is 0 Å². The van der Waals surface area contributed by atoms with E-state index in [4.69, 9.17) is 0 Å². The molecule has 0 radical (unpaired) electrons. The summed E-state index contributed by atoms with van der Waals surface area (Å²) in [5.41, 5.74) is 2.26. The third-order valence-corrected chi connectivity index (χ3v) is 3.30. The summed E-state index contributed by atoms with van der Waals surface area (Å²) in [6.07, 6.45) is 0.916. The molecule has 1 rings (SSSR count). The number of aliphatic hydroxyl groups is 1. The Bertz CT molecular complexity index is 329. The SMILES string of the molecule is CCC(C)(CO)NCc1ccc(N(C)C)cc1. The van der Waals surface area contributed by atoms with Gasteiger partial charge in [-0.2, -0.15) is 0 Å². The van der Waals surface area contributed by atoms with Crippen LogP contribution in [-0.4, -0.2) is 31.3 Å². The van der Waals surface area contributed by atoms with Gasteiger partial charge in [-0.1, -0.05) is 19.1 Å². The lowest BCUT2D eigenvalue weighted by molar-refractivity contribution is 0.169. The molecule has 0 heterocycles. The Morgan fingerprint density at radius 3 is 2.24 bits per heavy atom. The van der Waals surface area contributed by atoms with E-state index < -0.39 is 0 Å². The van der Waals surface area contributed by atoms with Gasteiger partial charge in [-0.25, -0.2) is 0 Å². The Hall–Kier alpha value is -1.06. The smallest absolute Gasteiger partial charge is 0.0610 e. The molecule has 0 amide bonds. The topological polar surface area (TPSA) is 35.5 Å². The third-order valence-electron chi connectivity index (χ3n) is 3.30. The molecule has 3 heteroatoms. The van der Waals surface area contributed by atoms with Gasteiger partial charge in [0, 0.05) is 31.9 Å². The first-order chi connectivity index (χ1) is 8.00. The number of rotatable bonds is 6. The van der Waals surface area contributed by atoms with E-state index in [0.717, 1.165) is 13.0 Å². The van der Waals surface area contributed by atoms with Gasteiger partial charge in [0.2, 0.25) is 0 Å². The van der Waals surface area contributed by atoms with Gasteiger partial charge >= 0.3 is 0 Å². The second kappa shape index (κ2) is 6.03. The Kier molecular flexibility index (Phi) is 4.97. The third kappa shape index (κ3) is 4.02. The predicted octanol–water partition coefficient (Wildman–Crippen LogP) is 2.00. The van der Waals surface area contributed by atoms with Crippen molar-refractivity contribution in [3.8, 4) is 0 Å². The van der Waals surface area contributed by atoms with Crippen molar-refractivity contribution in [1.29, 1.82) is 0 Å². The monoisotopic (exact) mass is 236 g/mol. The van der Waals surface area contributed by atoms with Crippen molar-refractivity contribution in [3.63, 3.8) is 0 Å². The largest absolute Gasteiger partial charge is 0.394 e. The molecule has 1 unspecified atom stereocenters. The summed E-state index contributed by atoms with van der Waals surface area (Å²) >= 11 is 0. The highest BCUT2D eigenvalue weighted by molar-refractivity contribution is 5.45. The van der Waals surface area contributed by atoms with Crippen molar-refractivity contribution in [3.05, 3.63) is 29.8 Å². The van der Waals surface area contributed by atoms with Crippen molar-refractivity contribution in [2.24, 2.45) is 0 Å². The van der Waals surface area contributed by atoms with E-state index in [1.54, 1.807) is 0 Å². The summed E-state index contributed by atoms with van der Waals surface area (Å²) in [6, 6.07) is 8.46. The average molecular weight is 236 g/mol. The zero-order chi connectivity index (χ0) is 12.9. The minimum absolute atomic E-state index is 0.166. The normalized spacial score (nSPS) is 14.4. The zero-order valence-corrected chi connectivity index (χ0v) is 11.3. The first-order valence-electron chi connectivity index (χ1n) is 6.13. The molecule has 0 aliphatic rings. The molecule has 96 valence electrons. The van der Waals surface area contributed by atoms with Crippen LogP contribution in [0.15, 0.2) is 24.3 Å².